The molecule has 1 N–H and O–H groups in total. The molecule has 106 valence electrons. The zero-order valence-corrected chi connectivity index (χ0v) is 12.0. The Labute approximate surface area is 116 Å². The van der Waals surface area contributed by atoms with Gasteiger partial charge in [0.15, 0.2) is 0 Å². The highest BCUT2D eigenvalue weighted by atomic mass is 16.5. The van der Waals surface area contributed by atoms with Crippen molar-refractivity contribution in [2.75, 3.05) is 6.61 Å². The van der Waals surface area contributed by atoms with Crippen molar-refractivity contribution >= 4 is 0 Å². The SMILES string of the molecule is CC(CCCCCCC1CCO1)c1ccccc1O. The Morgan fingerprint density at radius 1 is 1.21 bits per heavy atom. The summed E-state index contributed by atoms with van der Waals surface area (Å²) in [6, 6.07) is 7.70. The number of phenols is 1. The second-order valence-electron chi connectivity index (χ2n) is 5.73. The number of unbranched alkanes of at least 4 members (excludes halogenated alkanes) is 3. The molecule has 2 heteroatoms. The molecule has 0 aromatic heterocycles. The van der Waals surface area contributed by atoms with Crippen LogP contribution in [-0.4, -0.2) is 17.8 Å². The molecule has 19 heavy (non-hydrogen) atoms. The largest absolute Gasteiger partial charge is 0.508 e. The molecule has 2 rings (SSSR count). The van der Waals surface area contributed by atoms with E-state index < -0.39 is 0 Å². The molecule has 1 aromatic rings. The quantitative estimate of drug-likeness (QED) is 0.692. The summed E-state index contributed by atoms with van der Waals surface area (Å²) in [5.41, 5.74) is 1.09. The topological polar surface area (TPSA) is 29.5 Å². The number of benzene rings is 1. The van der Waals surface area contributed by atoms with Gasteiger partial charge >= 0.3 is 0 Å². The number of hydrogen-bond acceptors (Lipinski definition) is 2. The lowest BCUT2D eigenvalue weighted by molar-refractivity contribution is -0.0556. The van der Waals surface area contributed by atoms with E-state index in [1.807, 2.05) is 18.2 Å². The van der Waals surface area contributed by atoms with Crippen molar-refractivity contribution in [3.8, 4) is 5.75 Å². The van der Waals surface area contributed by atoms with Crippen LogP contribution in [0.2, 0.25) is 0 Å². The van der Waals surface area contributed by atoms with Gasteiger partial charge in [0.05, 0.1) is 6.10 Å². The lowest BCUT2D eigenvalue weighted by atomic mass is 9.94. The molecule has 1 saturated heterocycles. The van der Waals surface area contributed by atoms with Crippen LogP contribution in [0.25, 0.3) is 0 Å². The van der Waals surface area contributed by atoms with E-state index in [1.165, 1.54) is 38.5 Å². The Morgan fingerprint density at radius 3 is 2.63 bits per heavy atom. The van der Waals surface area contributed by atoms with Crippen molar-refractivity contribution in [3.63, 3.8) is 0 Å². The summed E-state index contributed by atoms with van der Waals surface area (Å²) in [4.78, 5) is 0. The van der Waals surface area contributed by atoms with Crippen LogP contribution in [0.4, 0.5) is 0 Å². The fourth-order valence-corrected chi connectivity index (χ4v) is 2.75. The van der Waals surface area contributed by atoms with Crippen molar-refractivity contribution in [3.05, 3.63) is 29.8 Å². The Balaban J connectivity index is 1.56. The van der Waals surface area contributed by atoms with Gasteiger partial charge in [-0.05, 0) is 36.8 Å². The van der Waals surface area contributed by atoms with Crippen molar-refractivity contribution in [2.45, 2.75) is 63.9 Å². The van der Waals surface area contributed by atoms with Crippen molar-refractivity contribution < 1.29 is 9.84 Å². The van der Waals surface area contributed by atoms with Crippen LogP contribution in [0.1, 0.15) is 63.4 Å². The van der Waals surface area contributed by atoms with Crippen LogP contribution in [-0.2, 0) is 4.74 Å². The zero-order chi connectivity index (χ0) is 13.5. The van der Waals surface area contributed by atoms with E-state index in [9.17, 15) is 5.11 Å². The number of ether oxygens (including phenoxy) is 1. The molecule has 2 atom stereocenters. The highest BCUT2D eigenvalue weighted by Gasteiger charge is 2.16. The molecule has 0 saturated carbocycles. The maximum atomic E-state index is 9.80. The number of rotatable bonds is 8. The van der Waals surface area contributed by atoms with E-state index in [4.69, 9.17) is 4.74 Å². The first-order chi connectivity index (χ1) is 9.27. The van der Waals surface area contributed by atoms with Gasteiger partial charge in [0.2, 0.25) is 0 Å². The normalized spacial score (nSPS) is 19.9. The van der Waals surface area contributed by atoms with Gasteiger partial charge in [0.25, 0.3) is 0 Å². The molecular formula is C17H26O2. The lowest BCUT2D eigenvalue weighted by Gasteiger charge is -2.26. The molecule has 0 aliphatic carbocycles. The minimum absolute atomic E-state index is 0.442. The van der Waals surface area contributed by atoms with E-state index in [2.05, 4.69) is 6.92 Å². The van der Waals surface area contributed by atoms with Crippen molar-refractivity contribution in [1.82, 2.24) is 0 Å². The van der Waals surface area contributed by atoms with Crippen LogP contribution in [0.5, 0.6) is 5.75 Å². The third kappa shape index (κ3) is 4.54. The van der Waals surface area contributed by atoms with Crippen LogP contribution in [0, 0.1) is 0 Å². The summed E-state index contributed by atoms with van der Waals surface area (Å²) in [7, 11) is 0. The van der Waals surface area contributed by atoms with Gasteiger partial charge in [-0.15, -0.1) is 0 Å². The summed E-state index contributed by atoms with van der Waals surface area (Å²) in [6.45, 7) is 3.18. The molecule has 2 nitrogen and oxygen atoms in total. The Bertz CT molecular complexity index is 371. The van der Waals surface area contributed by atoms with Gasteiger partial charge < -0.3 is 9.84 Å². The van der Waals surface area contributed by atoms with Gasteiger partial charge in [-0.25, -0.2) is 0 Å². The summed E-state index contributed by atoms with van der Waals surface area (Å²) < 4.78 is 5.42. The van der Waals surface area contributed by atoms with Crippen molar-refractivity contribution in [1.29, 1.82) is 0 Å². The minimum atomic E-state index is 0.442. The van der Waals surface area contributed by atoms with Crippen molar-refractivity contribution in [2.24, 2.45) is 0 Å². The molecule has 1 aliphatic heterocycles. The van der Waals surface area contributed by atoms with E-state index in [0.29, 0.717) is 17.8 Å². The lowest BCUT2D eigenvalue weighted by Crippen LogP contribution is -2.26. The number of hydrogen-bond donors (Lipinski definition) is 1. The number of para-hydroxylation sites is 1. The maximum absolute atomic E-state index is 9.80. The van der Waals surface area contributed by atoms with Crippen LogP contribution >= 0.6 is 0 Å². The first-order valence-corrected chi connectivity index (χ1v) is 7.67. The predicted molar refractivity (Wildman–Crippen MR) is 78.6 cm³/mol. The van der Waals surface area contributed by atoms with Gasteiger partial charge in [0.1, 0.15) is 5.75 Å². The average Bonchev–Trinajstić information content (AvgIpc) is 2.36. The van der Waals surface area contributed by atoms with E-state index in [1.54, 1.807) is 6.07 Å². The molecule has 1 heterocycles. The second kappa shape index (κ2) is 7.54. The van der Waals surface area contributed by atoms with Crippen LogP contribution in [0.3, 0.4) is 0 Å². The molecular weight excluding hydrogens is 236 g/mol. The smallest absolute Gasteiger partial charge is 0.119 e. The molecule has 1 aliphatic rings. The zero-order valence-electron chi connectivity index (χ0n) is 12.0. The molecule has 1 fully saturated rings. The predicted octanol–water partition coefficient (Wildman–Crippen LogP) is 4.63. The van der Waals surface area contributed by atoms with Gasteiger partial charge in [-0.1, -0.05) is 50.8 Å². The number of aromatic hydroxyl groups is 1. The molecule has 2 unspecified atom stereocenters. The highest BCUT2D eigenvalue weighted by molar-refractivity contribution is 5.34. The van der Waals surface area contributed by atoms with Gasteiger partial charge in [-0.3, -0.25) is 0 Å². The molecule has 0 radical (unpaired) electrons. The molecule has 0 bridgehead atoms. The highest BCUT2D eigenvalue weighted by Crippen LogP contribution is 2.29. The minimum Gasteiger partial charge on any atom is -0.508 e. The third-order valence-electron chi connectivity index (χ3n) is 4.17. The molecule has 1 aromatic carbocycles. The molecule has 0 spiro atoms. The maximum Gasteiger partial charge on any atom is 0.119 e. The third-order valence-corrected chi connectivity index (χ3v) is 4.17. The van der Waals surface area contributed by atoms with E-state index in [0.717, 1.165) is 18.6 Å². The van der Waals surface area contributed by atoms with E-state index in [-0.39, 0.29) is 0 Å². The summed E-state index contributed by atoms with van der Waals surface area (Å²) in [6.07, 6.45) is 9.41. The van der Waals surface area contributed by atoms with Gasteiger partial charge in [0, 0.05) is 6.61 Å². The second-order valence-corrected chi connectivity index (χ2v) is 5.73. The first-order valence-electron chi connectivity index (χ1n) is 7.67. The van der Waals surface area contributed by atoms with Crippen LogP contribution in [0.15, 0.2) is 24.3 Å². The standard InChI is InChI=1S/C17H26O2/c1-14(16-10-6-7-11-17(16)18)8-4-2-3-5-9-15-12-13-19-15/h6-7,10-11,14-15,18H,2-5,8-9,12-13H2,1H3. The fourth-order valence-electron chi connectivity index (χ4n) is 2.75. The van der Waals surface area contributed by atoms with Gasteiger partial charge in [-0.2, -0.15) is 0 Å². The van der Waals surface area contributed by atoms with E-state index >= 15 is 0 Å². The fraction of sp³-hybridized carbons (Fsp3) is 0.647. The monoisotopic (exact) mass is 262 g/mol. The van der Waals surface area contributed by atoms with Crippen LogP contribution < -0.4 is 0 Å². The Morgan fingerprint density at radius 2 is 1.95 bits per heavy atom. The first kappa shape index (κ1) is 14.4. The molecule has 0 amide bonds. The Kier molecular flexibility index (Phi) is 5.71. The summed E-state index contributed by atoms with van der Waals surface area (Å²) in [5.74, 6) is 0.897. The number of phenolic OH excluding ortho intramolecular Hbond substituents is 1. The summed E-state index contributed by atoms with van der Waals surface area (Å²) in [5, 5.41) is 9.80. The average molecular weight is 262 g/mol. The summed E-state index contributed by atoms with van der Waals surface area (Å²) >= 11 is 0. The Hall–Kier alpha value is -1.02.